The molecule has 0 radical (unpaired) electrons. The van der Waals surface area contributed by atoms with Gasteiger partial charge in [-0.2, -0.15) is 0 Å². The number of nitrogens with one attached hydrogen (secondary N) is 1. The van der Waals surface area contributed by atoms with Crippen LogP contribution in [-0.2, 0) is 9.53 Å². The lowest BCUT2D eigenvalue weighted by atomic mass is 10.1. The summed E-state index contributed by atoms with van der Waals surface area (Å²) >= 11 is 0. The van der Waals surface area contributed by atoms with Gasteiger partial charge in [0.1, 0.15) is 0 Å². The summed E-state index contributed by atoms with van der Waals surface area (Å²) in [4.78, 5) is 11.7. The molecule has 1 aromatic heterocycles. The van der Waals surface area contributed by atoms with Crippen LogP contribution in [0.2, 0.25) is 0 Å². The molecule has 1 amide bonds. The minimum absolute atomic E-state index is 0.0723. The predicted octanol–water partition coefficient (Wildman–Crippen LogP) is 0.460. The van der Waals surface area contributed by atoms with Crippen LogP contribution < -0.4 is 10.1 Å². The van der Waals surface area contributed by atoms with Crippen molar-refractivity contribution in [2.75, 3.05) is 25.6 Å². The fourth-order valence-corrected chi connectivity index (χ4v) is 1.47. The van der Waals surface area contributed by atoms with E-state index in [0.717, 1.165) is 6.42 Å². The van der Waals surface area contributed by atoms with E-state index >= 15 is 0 Å². The number of rotatable bonds is 3. The summed E-state index contributed by atoms with van der Waals surface area (Å²) in [5, 5.41) is 10.3. The first kappa shape index (κ1) is 10.8. The van der Waals surface area contributed by atoms with E-state index < -0.39 is 0 Å². The monoisotopic (exact) mass is 223 g/mol. The van der Waals surface area contributed by atoms with Crippen molar-refractivity contribution in [3.63, 3.8) is 0 Å². The summed E-state index contributed by atoms with van der Waals surface area (Å²) in [6.07, 6.45) is 0.759. The zero-order chi connectivity index (χ0) is 11.4. The second-order valence-corrected chi connectivity index (χ2v) is 3.51. The molecule has 1 saturated heterocycles. The summed E-state index contributed by atoms with van der Waals surface area (Å²) in [7, 11) is 1.51. The Morgan fingerprint density at radius 2 is 2.44 bits per heavy atom. The molecule has 0 saturated carbocycles. The molecule has 0 spiro atoms. The minimum atomic E-state index is -0.0797. The number of methoxy groups -OCH3 is 1. The van der Waals surface area contributed by atoms with Gasteiger partial charge in [0.2, 0.25) is 11.8 Å². The number of nitrogens with zero attached hydrogens (tertiary/aromatic N) is 2. The van der Waals surface area contributed by atoms with Crippen molar-refractivity contribution in [1.29, 1.82) is 0 Å². The zero-order valence-corrected chi connectivity index (χ0v) is 8.97. The van der Waals surface area contributed by atoms with Crippen LogP contribution in [0.3, 0.4) is 0 Å². The van der Waals surface area contributed by atoms with Gasteiger partial charge in [-0.05, 0) is 12.5 Å². The molecule has 0 bridgehead atoms. The Morgan fingerprint density at radius 3 is 3.00 bits per heavy atom. The molecular formula is C10H13N3O3. The van der Waals surface area contributed by atoms with Crippen LogP contribution in [0.15, 0.2) is 12.1 Å². The first-order valence-electron chi connectivity index (χ1n) is 5.06. The van der Waals surface area contributed by atoms with Crippen molar-refractivity contribution < 1.29 is 14.3 Å². The molecule has 0 aromatic carbocycles. The predicted molar refractivity (Wildman–Crippen MR) is 56.1 cm³/mol. The van der Waals surface area contributed by atoms with E-state index in [1.165, 1.54) is 7.11 Å². The molecule has 2 rings (SSSR count). The number of amides is 1. The lowest BCUT2D eigenvalue weighted by Crippen LogP contribution is -2.23. The molecule has 1 N–H and O–H groups in total. The van der Waals surface area contributed by atoms with Gasteiger partial charge in [0.15, 0.2) is 5.82 Å². The Labute approximate surface area is 93.0 Å². The number of aromatic nitrogens is 2. The molecule has 2 heterocycles. The summed E-state index contributed by atoms with van der Waals surface area (Å²) < 4.78 is 10.0. The van der Waals surface area contributed by atoms with Crippen LogP contribution in [0.25, 0.3) is 0 Å². The van der Waals surface area contributed by atoms with E-state index in [2.05, 4.69) is 15.5 Å². The van der Waals surface area contributed by atoms with E-state index in [1.807, 2.05) is 0 Å². The first-order chi connectivity index (χ1) is 7.79. The van der Waals surface area contributed by atoms with Crippen LogP contribution in [0.5, 0.6) is 5.88 Å². The summed E-state index contributed by atoms with van der Waals surface area (Å²) in [6, 6.07) is 3.30. The fraction of sp³-hybridized carbons (Fsp3) is 0.500. The van der Waals surface area contributed by atoms with Crippen molar-refractivity contribution in [3.05, 3.63) is 12.1 Å². The Bertz CT molecular complexity index is 360. The van der Waals surface area contributed by atoms with Crippen molar-refractivity contribution >= 4 is 11.7 Å². The first-order valence-corrected chi connectivity index (χ1v) is 5.06. The number of hydrogen-bond acceptors (Lipinski definition) is 5. The number of carbonyl (C=O) groups excluding carboxylic acids is 1. The van der Waals surface area contributed by atoms with Crippen molar-refractivity contribution in [2.45, 2.75) is 6.42 Å². The largest absolute Gasteiger partial charge is 0.480 e. The maximum atomic E-state index is 11.7. The maximum Gasteiger partial charge on any atom is 0.233 e. The second-order valence-electron chi connectivity index (χ2n) is 3.51. The number of ether oxygens (including phenoxy) is 2. The molecular weight excluding hydrogens is 210 g/mol. The van der Waals surface area contributed by atoms with Crippen LogP contribution in [0.1, 0.15) is 6.42 Å². The fourth-order valence-electron chi connectivity index (χ4n) is 1.47. The van der Waals surface area contributed by atoms with Crippen LogP contribution >= 0.6 is 0 Å². The number of carbonyl (C=O) groups is 1. The molecule has 1 atom stereocenters. The van der Waals surface area contributed by atoms with Gasteiger partial charge in [-0.1, -0.05) is 0 Å². The highest BCUT2D eigenvalue weighted by molar-refractivity contribution is 5.91. The molecule has 0 aliphatic carbocycles. The third kappa shape index (κ3) is 2.46. The van der Waals surface area contributed by atoms with E-state index in [1.54, 1.807) is 12.1 Å². The Morgan fingerprint density at radius 1 is 1.56 bits per heavy atom. The van der Waals surface area contributed by atoms with Crippen molar-refractivity contribution in [3.8, 4) is 5.88 Å². The van der Waals surface area contributed by atoms with Gasteiger partial charge in [0, 0.05) is 12.7 Å². The van der Waals surface area contributed by atoms with Crippen molar-refractivity contribution in [1.82, 2.24) is 10.2 Å². The second kappa shape index (κ2) is 4.89. The van der Waals surface area contributed by atoms with E-state index in [0.29, 0.717) is 24.9 Å². The van der Waals surface area contributed by atoms with Gasteiger partial charge in [-0.15, -0.1) is 10.2 Å². The molecule has 86 valence electrons. The van der Waals surface area contributed by atoms with E-state index in [9.17, 15) is 4.79 Å². The highest BCUT2D eigenvalue weighted by atomic mass is 16.5. The van der Waals surface area contributed by atoms with E-state index in [4.69, 9.17) is 9.47 Å². The maximum absolute atomic E-state index is 11.7. The van der Waals surface area contributed by atoms with Crippen LogP contribution in [-0.4, -0.2) is 36.4 Å². The third-order valence-corrected chi connectivity index (χ3v) is 2.40. The van der Waals surface area contributed by atoms with Gasteiger partial charge < -0.3 is 14.8 Å². The Kier molecular flexibility index (Phi) is 3.31. The molecule has 1 unspecified atom stereocenters. The zero-order valence-electron chi connectivity index (χ0n) is 8.97. The standard InChI is InChI=1S/C10H13N3O3/c1-15-9-3-2-8(12-13-9)11-10(14)7-4-5-16-6-7/h2-3,7H,4-6H2,1H3,(H,11,12,14). The summed E-state index contributed by atoms with van der Waals surface area (Å²) in [5.41, 5.74) is 0. The average molecular weight is 223 g/mol. The smallest absolute Gasteiger partial charge is 0.233 e. The van der Waals surface area contributed by atoms with Crippen LogP contribution in [0.4, 0.5) is 5.82 Å². The molecule has 1 fully saturated rings. The van der Waals surface area contributed by atoms with Gasteiger partial charge in [0.25, 0.3) is 0 Å². The Balaban J connectivity index is 1.94. The Hall–Kier alpha value is -1.69. The lowest BCUT2D eigenvalue weighted by Gasteiger charge is -2.07. The van der Waals surface area contributed by atoms with E-state index in [-0.39, 0.29) is 11.8 Å². The van der Waals surface area contributed by atoms with Gasteiger partial charge in [-0.3, -0.25) is 4.79 Å². The molecule has 1 aliphatic rings. The van der Waals surface area contributed by atoms with Crippen molar-refractivity contribution in [2.24, 2.45) is 5.92 Å². The SMILES string of the molecule is COc1ccc(NC(=O)C2CCOC2)nn1. The van der Waals surface area contributed by atoms with Gasteiger partial charge in [-0.25, -0.2) is 0 Å². The van der Waals surface area contributed by atoms with Gasteiger partial charge in [0.05, 0.1) is 19.6 Å². The molecule has 6 heteroatoms. The average Bonchev–Trinajstić information content (AvgIpc) is 2.83. The highest BCUT2D eigenvalue weighted by Crippen LogP contribution is 2.15. The minimum Gasteiger partial charge on any atom is -0.480 e. The normalized spacial score (nSPS) is 19.4. The summed E-state index contributed by atoms with van der Waals surface area (Å²) in [5.74, 6) is 0.695. The quantitative estimate of drug-likeness (QED) is 0.805. The third-order valence-electron chi connectivity index (χ3n) is 2.40. The molecule has 6 nitrogen and oxygen atoms in total. The topological polar surface area (TPSA) is 73.3 Å². The molecule has 1 aromatic rings. The number of anilines is 1. The molecule has 16 heavy (non-hydrogen) atoms. The highest BCUT2D eigenvalue weighted by Gasteiger charge is 2.23. The summed E-state index contributed by atoms with van der Waals surface area (Å²) in [6.45, 7) is 1.13. The van der Waals surface area contributed by atoms with Gasteiger partial charge >= 0.3 is 0 Å². The molecule has 1 aliphatic heterocycles. The number of hydrogen-bond donors (Lipinski definition) is 1. The van der Waals surface area contributed by atoms with Crippen LogP contribution in [0, 0.1) is 5.92 Å². The lowest BCUT2D eigenvalue weighted by molar-refractivity contribution is -0.119.